The average Bonchev–Trinajstić information content (AvgIpc) is 2.98. The predicted molar refractivity (Wildman–Crippen MR) is 96.6 cm³/mol. The van der Waals surface area contributed by atoms with Gasteiger partial charge in [0.25, 0.3) is 5.56 Å². The van der Waals surface area contributed by atoms with E-state index in [1.165, 1.54) is 31.8 Å². The van der Waals surface area contributed by atoms with Crippen molar-refractivity contribution in [3.05, 3.63) is 61.6 Å². The first kappa shape index (κ1) is 21.4. The number of hydrogen-bond donors (Lipinski definition) is 0. The Bertz CT molecular complexity index is 1260. The second-order valence-electron chi connectivity index (χ2n) is 6.58. The number of aryl methyl sites for hydroxylation is 2. The minimum atomic E-state index is -4.97. The van der Waals surface area contributed by atoms with Crippen LogP contribution < -0.4 is 11.2 Å². The summed E-state index contributed by atoms with van der Waals surface area (Å²) in [5, 5.41) is 0. The van der Waals surface area contributed by atoms with Gasteiger partial charge in [-0.2, -0.15) is 26.3 Å². The van der Waals surface area contributed by atoms with Gasteiger partial charge in [-0.25, -0.2) is 9.78 Å². The van der Waals surface area contributed by atoms with Crippen LogP contribution in [0.4, 0.5) is 26.3 Å². The van der Waals surface area contributed by atoms with E-state index in [-0.39, 0.29) is 28.6 Å². The Morgan fingerprint density at radius 2 is 1.33 bits per heavy atom. The first-order chi connectivity index (χ1) is 13.7. The third kappa shape index (κ3) is 3.64. The molecular weight excluding hydrogens is 418 g/mol. The highest BCUT2D eigenvalue weighted by molar-refractivity contribution is 5.76. The highest BCUT2D eigenvalue weighted by atomic mass is 19.4. The number of hydrogen-bond acceptors (Lipinski definition) is 3. The van der Waals surface area contributed by atoms with Crippen molar-refractivity contribution in [2.24, 2.45) is 21.1 Å². The van der Waals surface area contributed by atoms with Crippen molar-refractivity contribution in [3.8, 4) is 0 Å². The van der Waals surface area contributed by atoms with E-state index in [0.717, 1.165) is 15.2 Å². The van der Waals surface area contributed by atoms with E-state index in [1.54, 1.807) is 0 Å². The second-order valence-corrected chi connectivity index (χ2v) is 6.58. The monoisotopic (exact) mass is 432 g/mol. The lowest BCUT2D eigenvalue weighted by atomic mass is 10.0. The van der Waals surface area contributed by atoms with Gasteiger partial charge in [0.15, 0.2) is 11.2 Å². The molecule has 3 rings (SSSR count). The lowest BCUT2D eigenvalue weighted by molar-refractivity contribution is -0.143. The molecule has 0 saturated carbocycles. The van der Waals surface area contributed by atoms with Crippen LogP contribution in [0.2, 0.25) is 0 Å². The zero-order chi connectivity index (χ0) is 22.6. The summed E-state index contributed by atoms with van der Waals surface area (Å²) in [5.41, 5.74) is -4.43. The SMILES string of the molecule is Cn1c(=O)c2c(nc(/C=C/c3cc(C(F)(F)F)cc(C(F)(F)F)c3)n2C)n(C)c1=O. The van der Waals surface area contributed by atoms with E-state index in [4.69, 9.17) is 0 Å². The summed E-state index contributed by atoms with van der Waals surface area (Å²) < 4.78 is 81.2. The van der Waals surface area contributed by atoms with Gasteiger partial charge in [-0.1, -0.05) is 6.08 Å². The summed E-state index contributed by atoms with van der Waals surface area (Å²) in [4.78, 5) is 28.5. The van der Waals surface area contributed by atoms with E-state index in [1.807, 2.05) is 0 Å². The number of benzene rings is 1. The molecular formula is C18H14F6N4O2. The number of alkyl halides is 6. The summed E-state index contributed by atoms with van der Waals surface area (Å²) in [7, 11) is 4.09. The third-order valence-electron chi connectivity index (χ3n) is 4.54. The van der Waals surface area contributed by atoms with Crippen molar-refractivity contribution >= 4 is 23.3 Å². The van der Waals surface area contributed by atoms with Crippen LogP contribution in [0.25, 0.3) is 23.3 Å². The predicted octanol–water partition coefficient (Wildman–Crippen LogP) is 3.18. The number of halogens is 6. The Hall–Kier alpha value is -3.31. The highest BCUT2D eigenvalue weighted by Crippen LogP contribution is 2.36. The lowest BCUT2D eigenvalue weighted by Gasteiger charge is -2.12. The summed E-state index contributed by atoms with van der Waals surface area (Å²) in [6, 6.07) is 1.18. The van der Waals surface area contributed by atoms with Gasteiger partial charge in [0.05, 0.1) is 11.1 Å². The first-order valence-corrected chi connectivity index (χ1v) is 8.32. The summed E-state index contributed by atoms with van der Waals surface area (Å²) >= 11 is 0. The molecule has 6 nitrogen and oxygen atoms in total. The number of nitrogens with zero attached hydrogens (tertiary/aromatic N) is 4. The van der Waals surface area contributed by atoms with Gasteiger partial charge in [-0.15, -0.1) is 0 Å². The number of rotatable bonds is 2. The molecule has 0 fully saturated rings. The molecule has 0 aliphatic heterocycles. The fraction of sp³-hybridized carbons (Fsp3) is 0.278. The number of imidazole rings is 1. The molecule has 2 heterocycles. The van der Waals surface area contributed by atoms with Crippen LogP contribution in [0.3, 0.4) is 0 Å². The fourth-order valence-corrected chi connectivity index (χ4v) is 2.93. The van der Waals surface area contributed by atoms with Gasteiger partial charge in [-0.3, -0.25) is 13.9 Å². The second kappa shape index (κ2) is 6.89. The van der Waals surface area contributed by atoms with Gasteiger partial charge in [0, 0.05) is 21.1 Å². The maximum atomic E-state index is 13.0. The molecule has 12 heteroatoms. The fourth-order valence-electron chi connectivity index (χ4n) is 2.93. The maximum Gasteiger partial charge on any atom is 0.416 e. The summed E-state index contributed by atoms with van der Waals surface area (Å²) in [6.07, 6.45) is -7.74. The molecule has 0 radical (unpaired) electrons. The minimum Gasteiger partial charge on any atom is -0.322 e. The van der Waals surface area contributed by atoms with Crippen molar-refractivity contribution in [2.45, 2.75) is 12.4 Å². The smallest absolute Gasteiger partial charge is 0.322 e. The topological polar surface area (TPSA) is 61.8 Å². The molecule has 0 aliphatic carbocycles. The first-order valence-electron chi connectivity index (χ1n) is 8.32. The van der Waals surface area contributed by atoms with E-state index in [0.29, 0.717) is 12.1 Å². The molecule has 0 saturated heterocycles. The Balaban J connectivity index is 2.17. The highest BCUT2D eigenvalue weighted by Gasteiger charge is 2.36. The van der Waals surface area contributed by atoms with Crippen LogP contribution in [0.1, 0.15) is 22.5 Å². The number of aromatic nitrogens is 4. The zero-order valence-electron chi connectivity index (χ0n) is 15.8. The molecule has 0 atom stereocenters. The van der Waals surface area contributed by atoms with Crippen LogP contribution in [-0.4, -0.2) is 18.7 Å². The lowest BCUT2D eigenvalue weighted by Crippen LogP contribution is -2.37. The van der Waals surface area contributed by atoms with Gasteiger partial charge >= 0.3 is 18.0 Å². The molecule has 30 heavy (non-hydrogen) atoms. The van der Waals surface area contributed by atoms with Crippen molar-refractivity contribution < 1.29 is 26.3 Å². The molecule has 0 unspecified atom stereocenters. The van der Waals surface area contributed by atoms with Crippen LogP contribution in [-0.2, 0) is 33.5 Å². The quantitative estimate of drug-likeness (QED) is 0.585. The van der Waals surface area contributed by atoms with E-state index in [2.05, 4.69) is 4.98 Å². The average molecular weight is 432 g/mol. The van der Waals surface area contributed by atoms with Gasteiger partial charge in [-0.05, 0) is 29.8 Å². The van der Waals surface area contributed by atoms with Gasteiger partial charge in [0.1, 0.15) is 5.82 Å². The van der Waals surface area contributed by atoms with Crippen molar-refractivity contribution in [1.29, 1.82) is 0 Å². The van der Waals surface area contributed by atoms with Crippen LogP contribution in [0.5, 0.6) is 0 Å². The Kier molecular flexibility index (Phi) is 4.91. The molecule has 0 aliphatic rings. The molecule has 2 aromatic heterocycles. The normalized spacial score (nSPS) is 13.0. The molecule has 0 N–H and O–H groups in total. The molecule has 0 spiro atoms. The molecule has 1 aromatic carbocycles. The zero-order valence-corrected chi connectivity index (χ0v) is 15.8. The molecule has 0 bridgehead atoms. The van der Waals surface area contributed by atoms with E-state index < -0.39 is 34.7 Å². The van der Waals surface area contributed by atoms with Crippen LogP contribution in [0, 0.1) is 0 Å². The Morgan fingerprint density at radius 1 is 0.800 bits per heavy atom. The molecule has 0 amide bonds. The third-order valence-corrected chi connectivity index (χ3v) is 4.54. The van der Waals surface area contributed by atoms with E-state index >= 15 is 0 Å². The van der Waals surface area contributed by atoms with Gasteiger partial charge < -0.3 is 4.57 Å². The minimum absolute atomic E-state index is 0.0327. The molecule has 3 aromatic rings. The summed E-state index contributed by atoms with van der Waals surface area (Å²) in [5.74, 6) is 0.0641. The summed E-state index contributed by atoms with van der Waals surface area (Å²) in [6.45, 7) is 0. The van der Waals surface area contributed by atoms with E-state index in [9.17, 15) is 35.9 Å². The largest absolute Gasteiger partial charge is 0.416 e. The van der Waals surface area contributed by atoms with Crippen molar-refractivity contribution in [1.82, 2.24) is 18.7 Å². The Labute approximate surface area is 164 Å². The van der Waals surface area contributed by atoms with Crippen LogP contribution in [0.15, 0.2) is 27.8 Å². The molecule has 160 valence electrons. The maximum absolute atomic E-state index is 13.0. The van der Waals surface area contributed by atoms with Crippen molar-refractivity contribution in [3.63, 3.8) is 0 Å². The Morgan fingerprint density at radius 3 is 1.83 bits per heavy atom. The standard InChI is InChI=1S/C18H14F6N4O2/c1-26-12(25-14-13(26)15(29)28(3)16(30)27(14)2)5-4-9-6-10(17(19,20)21)8-11(7-9)18(22,23)24/h4-8H,1-3H3/b5-4+. The van der Waals surface area contributed by atoms with Crippen LogP contribution >= 0.6 is 0 Å². The van der Waals surface area contributed by atoms with Gasteiger partial charge in [0.2, 0.25) is 0 Å². The number of fused-ring (bicyclic) bond motifs is 1. The van der Waals surface area contributed by atoms with Crippen molar-refractivity contribution in [2.75, 3.05) is 0 Å².